The lowest BCUT2D eigenvalue weighted by Gasteiger charge is -2.26. The van der Waals surface area contributed by atoms with Crippen LogP contribution in [0.15, 0.2) is 15.9 Å². The molecule has 2 N–H and O–H groups in total. The van der Waals surface area contributed by atoms with Gasteiger partial charge in [-0.05, 0) is 27.4 Å². The maximum Gasteiger partial charge on any atom is 0.213 e. The van der Waals surface area contributed by atoms with E-state index in [1.54, 1.807) is 11.3 Å². The van der Waals surface area contributed by atoms with Gasteiger partial charge in [0.15, 0.2) is 0 Å². The average molecular weight is 368 g/mol. The third kappa shape index (κ3) is 5.13. The quantitative estimate of drug-likeness (QED) is 0.781. The molecule has 1 aliphatic heterocycles. The number of halogens is 1. The van der Waals surface area contributed by atoms with Gasteiger partial charge in [0.25, 0.3) is 0 Å². The topological polar surface area (TPSA) is 61.4 Å². The number of thiophene rings is 1. The first-order valence-corrected chi connectivity index (χ1v) is 9.51. The molecule has 0 amide bonds. The van der Waals surface area contributed by atoms with Gasteiger partial charge in [0.05, 0.1) is 5.75 Å². The van der Waals surface area contributed by atoms with E-state index in [0.29, 0.717) is 13.1 Å². The van der Waals surface area contributed by atoms with Crippen LogP contribution in [0.3, 0.4) is 0 Å². The summed E-state index contributed by atoms with van der Waals surface area (Å²) in [6, 6.07) is 1.93. The average Bonchev–Trinajstić information content (AvgIpc) is 2.81. The van der Waals surface area contributed by atoms with Crippen molar-refractivity contribution in [2.75, 3.05) is 38.5 Å². The van der Waals surface area contributed by atoms with Crippen molar-refractivity contribution in [3.8, 4) is 0 Å². The highest BCUT2D eigenvalue weighted by atomic mass is 79.9. The minimum Gasteiger partial charge on any atom is -0.314 e. The zero-order valence-electron chi connectivity index (χ0n) is 10.6. The Labute approximate surface area is 126 Å². The molecule has 108 valence electrons. The van der Waals surface area contributed by atoms with Crippen molar-refractivity contribution in [3.63, 3.8) is 0 Å². The minimum atomic E-state index is -3.20. The normalized spacial score (nSPS) is 17.7. The van der Waals surface area contributed by atoms with Gasteiger partial charge < -0.3 is 5.32 Å². The molecular formula is C11H18BrN3O2S2. The Morgan fingerprint density at radius 1 is 1.42 bits per heavy atom. The van der Waals surface area contributed by atoms with Crippen LogP contribution in [0, 0.1) is 0 Å². The molecule has 0 spiro atoms. The summed E-state index contributed by atoms with van der Waals surface area (Å²) in [6.07, 6.45) is 0. The molecule has 0 saturated carbocycles. The lowest BCUT2D eigenvalue weighted by Crippen LogP contribution is -2.45. The summed E-state index contributed by atoms with van der Waals surface area (Å²) in [5, 5.41) is 5.19. The predicted octanol–water partition coefficient (Wildman–Crippen LogP) is 0.835. The molecule has 1 fully saturated rings. The summed E-state index contributed by atoms with van der Waals surface area (Å²) in [5.41, 5.74) is 0. The second-order valence-electron chi connectivity index (χ2n) is 4.42. The number of hydrogen-bond acceptors (Lipinski definition) is 5. The molecule has 0 bridgehead atoms. The van der Waals surface area contributed by atoms with Crippen molar-refractivity contribution in [1.82, 2.24) is 14.9 Å². The lowest BCUT2D eigenvalue weighted by atomic mass is 10.4. The van der Waals surface area contributed by atoms with Crippen molar-refractivity contribution in [2.45, 2.75) is 6.54 Å². The molecule has 0 radical (unpaired) electrons. The number of rotatable bonds is 6. The molecule has 1 aliphatic rings. The fraction of sp³-hybridized carbons (Fsp3) is 0.636. The summed E-state index contributed by atoms with van der Waals surface area (Å²) in [7, 11) is -3.20. The second-order valence-corrected chi connectivity index (χ2v) is 8.20. The van der Waals surface area contributed by atoms with E-state index in [1.165, 1.54) is 0 Å². The first kappa shape index (κ1) is 15.4. The molecule has 2 heterocycles. The molecule has 0 aliphatic carbocycles. The van der Waals surface area contributed by atoms with Crippen LogP contribution in [0.25, 0.3) is 0 Å². The Balaban J connectivity index is 1.76. The van der Waals surface area contributed by atoms with Gasteiger partial charge in [-0.15, -0.1) is 11.3 Å². The van der Waals surface area contributed by atoms with Crippen LogP contribution < -0.4 is 10.0 Å². The van der Waals surface area contributed by atoms with Crippen LogP contribution in [-0.2, 0) is 16.6 Å². The first-order chi connectivity index (χ1) is 9.07. The number of sulfonamides is 1. The number of nitrogens with one attached hydrogen (secondary N) is 2. The van der Waals surface area contributed by atoms with E-state index in [0.717, 1.165) is 35.5 Å². The Morgan fingerprint density at radius 2 is 2.16 bits per heavy atom. The second kappa shape index (κ2) is 7.14. The van der Waals surface area contributed by atoms with E-state index in [2.05, 4.69) is 30.9 Å². The van der Waals surface area contributed by atoms with Crippen molar-refractivity contribution < 1.29 is 8.42 Å². The van der Waals surface area contributed by atoms with Gasteiger partial charge in [0, 0.05) is 48.6 Å². The van der Waals surface area contributed by atoms with Gasteiger partial charge in [0.1, 0.15) is 0 Å². The summed E-state index contributed by atoms with van der Waals surface area (Å²) in [4.78, 5) is 3.18. The van der Waals surface area contributed by atoms with Crippen LogP contribution in [-0.4, -0.2) is 51.8 Å². The van der Waals surface area contributed by atoms with Gasteiger partial charge in [0.2, 0.25) is 10.0 Å². The summed E-state index contributed by atoms with van der Waals surface area (Å²) in [6.45, 7) is 4.69. The third-order valence-corrected chi connectivity index (χ3v) is 6.26. The van der Waals surface area contributed by atoms with E-state index >= 15 is 0 Å². The van der Waals surface area contributed by atoms with Crippen molar-refractivity contribution in [2.24, 2.45) is 0 Å². The number of nitrogens with zero attached hydrogens (tertiary/aromatic N) is 1. The fourth-order valence-corrected chi connectivity index (χ4v) is 4.41. The van der Waals surface area contributed by atoms with Crippen LogP contribution in [0.2, 0.25) is 0 Å². The van der Waals surface area contributed by atoms with Crippen LogP contribution in [0.4, 0.5) is 0 Å². The van der Waals surface area contributed by atoms with Gasteiger partial charge in [-0.25, -0.2) is 13.1 Å². The molecule has 0 aromatic carbocycles. The highest BCUT2D eigenvalue weighted by Gasteiger charge is 2.15. The minimum absolute atomic E-state index is 0.163. The van der Waals surface area contributed by atoms with Crippen LogP contribution in [0.5, 0.6) is 0 Å². The van der Waals surface area contributed by atoms with Crippen molar-refractivity contribution >= 4 is 37.3 Å². The number of piperazine rings is 1. The molecule has 1 saturated heterocycles. The van der Waals surface area contributed by atoms with E-state index in [4.69, 9.17) is 0 Å². The number of hydrogen-bond donors (Lipinski definition) is 2. The van der Waals surface area contributed by atoms with Crippen molar-refractivity contribution in [1.29, 1.82) is 0 Å². The highest BCUT2D eigenvalue weighted by molar-refractivity contribution is 9.10. The van der Waals surface area contributed by atoms with Crippen LogP contribution in [0.1, 0.15) is 4.88 Å². The lowest BCUT2D eigenvalue weighted by molar-refractivity contribution is 0.253. The van der Waals surface area contributed by atoms with E-state index in [-0.39, 0.29) is 5.75 Å². The Hall–Kier alpha value is 0.01000. The standard InChI is InChI=1S/C11H18BrN3O2S2/c12-10-1-7-18-11(10)9-14-19(16,17)8-6-15-4-2-13-3-5-15/h1,7,13-14H,2-6,8-9H2. The molecular weight excluding hydrogens is 350 g/mol. The molecule has 8 heteroatoms. The maximum absolute atomic E-state index is 11.9. The predicted molar refractivity (Wildman–Crippen MR) is 82.0 cm³/mol. The largest absolute Gasteiger partial charge is 0.314 e. The molecule has 2 rings (SSSR count). The Morgan fingerprint density at radius 3 is 2.79 bits per heavy atom. The zero-order chi connectivity index (χ0) is 13.7. The zero-order valence-corrected chi connectivity index (χ0v) is 13.8. The molecule has 0 atom stereocenters. The molecule has 5 nitrogen and oxygen atoms in total. The highest BCUT2D eigenvalue weighted by Crippen LogP contribution is 2.22. The van der Waals surface area contributed by atoms with Gasteiger partial charge >= 0.3 is 0 Å². The van der Waals surface area contributed by atoms with E-state index in [9.17, 15) is 8.42 Å². The van der Waals surface area contributed by atoms with Gasteiger partial charge in [-0.1, -0.05) is 0 Å². The van der Waals surface area contributed by atoms with E-state index < -0.39 is 10.0 Å². The fourth-order valence-electron chi connectivity index (χ4n) is 1.88. The summed E-state index contributed by atoms with van der Waals surface area (Å²) >= 11 is 4.94. The molecule has 1 aromatic rings. The molecule has 19 heavy (non-hydrogen) atoms. The monoisotopic (exact) mass is 367 g/mol. The Kier molecular flexibility index (Phi) is 5.79. The summed E-state index contributed by atoms with van der Waals surface area (Å²) < 4.78 is 27.4. The SMILES string of the molecule is O=S(=O)(CCN1CCNCC1)NCc1sccc1Br. The van der Waals surface area contributed by atoms with Gasteiger partial charge in [-0.3, -0.25) is 4.90 Å². The smallest absolute Gasteiger partial charge is 0.213 e. The van der Waals surface area contributed by atoms with Gasteiger partial charge in [-0.2, -0.15) is 0 Å². The van der Waals surface area contributed by atoms with Crippen molar-refractivity contribution in [3.05, 3.63) is 20.8 Å². The van der Waals surface area contributed by atoms with Crippen LogP contribution >= 0.6 is 27.3 Å². The first-order valence-electron chi connectivity index (χ1n) is 6.19. The maximum atomic E-state index is 11.9. The Bertz CT molecular complexity index is 498. The third-order valence-electron chi connectivity index (χ3n) is 3.03. The summed E-state index contributed by atoms with van der Waals surface area (Å²) in [5.74, 6) is 0.163. The van der Waals surface area contributed by atoms with E-state index in [1.807, 2.05) is 11.4 Å². The molecule has 1 aromatic heterocycles. The molecule has 0 unspecified atom stereocenters.